The zero-order valence-electron chi connectivity index (χ0n) is 16.7. The van der Waals surface area contributed by atoms with Gasteiger partial charge in [0.2, 0.25) is 0 Å². The zero-order valence-corrected chi connectivity index (χ0v) is 16.7. The highest BCUT2D eigenvalue weighted by Crippen LogP contribution is 2.48. The first-order valence-electron chi connectivity index (χ1n) is 10.1. The molecule has 0 spiro atoms. The summed E-state index contributed by atoms with van der Waals surface area (Å²) in [6.07, 6.45) is 1.98. The first kappa shape index (κ1) is 17.4. The van der Waals surface area contributed by atoms with E-state index in [1.165, 1.54) is 38.2 Å². The van der Waals surface area contributed by atoms with Crippen molar-refractivity contribution in [1.29, 1.82) is 0 Å². The van der Waals surface area contributed by atoms with Gasteiger partial charge in [0.15, 0.2) is 0 Å². The highest BCUT2D eigenvalue weighted by Gasteiger charge is 2.37. The van der Waals surface area contributed by atoms with E-state index in [2.05, 4.69) is 69.3 Å². The van der Waals surface area contributed by atoms with Gasteiger partial charge >= 0.3 is 0 Å². The molecule has 0 saturated heterocycles. The lowest BCUT2D eigenvalue weighted by molar-refractivity contribution is 0.263. The van der Waals surface area contributed by atoms with Crippen LogP contribution in [0.3, 0.4) is 0 Å². The van der Waals surface area contributed by atoms with Gasteiger partial charge in [-0.3, -0.25) is 0 Å². The van der Waals surface area contributed by atoms with E-state index in [-0.39, 0.29) is 11.2 Å². The summed E-state index contributed by atoms with van der Waals surface area (Å²) in [5, 5.41) is 5.33. The number of benzene rings is 4. The van der Waals surface area contributed by atoms with Crippen molar-refractivity contribution in [3.8, 4) is 0 Å². The third kappa shape index (κ3) is 2.64. The van der Waals surface area contributed by atoms with Gasteiger partial charge in [0.25, 0.3) is 0 Å². The number of fused-ring (bicyclic) bond motifs is 5. The molecule has 1 heteroatoms. The van der Waals surface area contributed by atoms with Gasteiger partial charge in [0.05, 0.1) is 0 Å². The fourth-order valence-corrected chi connectivity index (χ4v) is 5.19. The van der Waals surface area contributed by atoms with Crippen LogP contribution in [0.2, 0.25) is 0 Å². The molecule has 0 radical (unpaired) electrons. The molecule has 0 bridgehead atoms. The predicted octanol–water partition coefficient (Wildman–Crippen LogP) is 7.35. The first-order chi connectivity index (χ1) is 13.4. The van der Waals surface area contributed by atoms with E-state index in [4.69, 9.17) is 0 Å². The third-order valence-electron chi connectivity index (χ3n) is 6.75. The maximum Gasteiger partial charge on any atom is 0.123 e. The van der Waals surface area contributed by atoms with Crippen molar-refractivity contribution in [2.45, 2.75) is 39.5 Å². The lowest BCUT2D eigenvalue weighted by Gasteiger charge is -2.41. The number of rotatable bonds is 1. The topological polar surface area (TPSA) is 0 Å². The van der Waals surface area contributed by atoms with Crippen molar-refractivity contribution in [3.05, 3.63) is 94.8 Å². The third-order valence-corrected chi connectivity index (χ3v) is 6.75. The summed E-state index contributed by atoms with van der Waals surface area (Å²) in [5.74, 6) is 0.195. The molecule has 0 saturated carbocycles. The molecule has 4 aromatic rings. The van der Waals surface area contributed by atoms with Gasteiger partial charge in [-0.05, 0) is 87.0 Å². The van der Waals surface area contributed by atoms with Gasteiger partial charge in [-0.2, -0.15) is 0 Å². The normalized spacial score (nSPS) is 18.4. The molecule has 5 rings (SSSR count). The Bertz CT molecular complexity index is 1220. The van der Waals surface area contributed by atoms with Crippen LogP contribution in [0, 0.1) is 18.2 Å². The van der Waals surface area contributed by atoms with Gasteiger partial charge in [-0.15, -0.1) is 0 Å². The number of aryl methyl sites for hydroxylation is 1. The van der Waals surface area contributed by atoms with Crippen LogP contribution in [0.5, 0.6) is 0 Å². The lowest BCUT2D eigenvalue weighted by Crippen LogP contribution is -2.32. The lowest BCUT2D eigenvalue weighted by atomic mass is 9.63. The molecule has 0 aliphatic heterocycles. The van der Waals surface area contributed by atoms with E-state index in [0.717, 1.165) is 18.4 Å². The standard InChI is InChI=1S/C27H25F/c1-17-8-11-20(28)15-24(17)26-14-19-10-13-22-21-7-5-4-6-18(21)9-12-23(22)25(19)16-27(26,2)3/h4-13,15,26H,14,16H2,1-3H3. The summed E-state index contributed by atoms with van der Waals surface area (Å²) in [4.78, 5) is 0. The number of hydrogen-bond acceptors (Lipinski definition) is 0. The quantitative estimate of drug-likeness (QED) is 0.308. The average Bonchev–Trinajstić information content (AvgIpc) is 2.68. The van der Waals surface area contributed by atoms with Crippen LogP contribution in [-0.4, -0.2) is 0 Å². The van der Waals surface area contributed by atoms with E-state index in [1.54, 1.807) is 12.1 Å². The molecule has 0 nitrogen and oxygen atoms in total. The molecular weight excluding hydrogens is 343 g/mol. The molecule has 1 aliphatic carbocycles. The van der Waals surface area contributed by atoms with Gasteiger partial charge in [0.1, 0.15) is 5.82 Å². The van der Waals surface area contributed by atoms with E-state index in [0.29, 0.717) is 5.92 Å². The Hall–Kier alpha value is -2.67. The molecule has 0 amide bonds. The molecule has 1 unspecified atom stereocenters. The molecule has 4 aromatic carbocycles. The summed E-state index contributed by atoms with van der Waals surface area (Å²) >= 11 is 0. The van der Waals surface area contributed by atoms with Crippen molar-refractivity contribution in [3.63, 3.8) is 0 Å². The zero-order chi connectivity index (χ0) is 19.5. The fraction of sp³-hybridized carbons (Fsp3) is 0.259. The second-order valence-electron chi connectivity index (χ2n) is 9.01. The molecule has 1 aliphatic rings. The summed E-state index contributed by atoms with van der Waals surface area (Å²) in [7, 11) is 0. The Labute approximate surface area is 166 Å². The SMILES string of the molecule is Cc1ccc(F)cc1C1Cc2ccc3c(ccc4ccccc43)c2CC1(C)C. The summed E-state index contributed by atoms with van der Waals surface area (Å²) in [6.45, 7) is 6.78. The first-order valence-corrected chi connectivity index (χ1v) is 10.1. The van der Waals surface area contributed by atoms with Crippen LogP contribution in [-0.2, 0) is 12.8 Å². The van der Waals surface area contributed by atoms with E-state index in [1.807, 2.05) is 6.07 Å². The van der Waals surface area contributed by atoms with Crippen molar-refractivity contribution >= 4 is 21.5 Å². The molecule has 0 N–H and O–H groups in total. The van der Waals surface area contributed by atoms with Crippen LogP contribution in [0.1, 0.15) is 42.0 Å². The minimum atomic E-state index is -0.132. The van der Waals surface area contributed by atoms with Crippen molar-refractivity contribution in [2.75, 3.05) is 0 Å². The maximum absolute atomic E-state index is 14.0. The van der Waals surface area contributed by atoms with Crippen LogP contribution < -0.4 is 0 Å². The van der Waals surface area contributed by atoms with Crippen LogP contribution in [0.15, 0.2) is 66.7 Å². The maximum atomic E-state index is 14.0. The summed E-state index contributed by atoms with van der Waals surface area (Å²) in [5.41, 5.74) is 5.31. The highest BCUT2D eigenvalue weighted by atomic mass is 19.1. The van der Waals surface area contributed by atoms with Crippen molar-refractivity contribution in [2.24, 2.45) is 5.41 Å². The monoisotopic (exact) mass is 368 g/mol. The van der Waals surface area contributed by atoms with Gasteiger partial charge in [-0.25, -0.2) is 4.39 Å². The molecular formula is C27H25F. The highest BCUT2D eigenvalue weighted by molar-refractivity contribution is 6.08. The summed E-state index contributed by atoms with van der Waals surface area (Å²) in [6, 6.07) is 23.0. The minimum absolute atomic E-state index is 0.0749. The summed E-state index contributed by atoms with van der Waals surface area (Å²) < 4.78 is 14.0. The Morgan fingerprint density at radius 3 is 2.50 bits per heavy atom. The largest absolute Gasteiger partial charge is 0.207 e. The van der Waals surface area contributed by atoms with E-state index >= 15 is 0 Å². The molecule has 0 aromatic heterocycles. The Balaban J connectivity index is 1.69. The second-order valence-corrected chi connectivity index (χ2v) is 9.01. The molecule has 28 heavy (non-hydrogen) atoms. The molecule has 0 fully saturated rings. The number of halogens is 1. The smallest absolute Gasteiger partial charge is 0.123 e. The van der Waals surface area contributed by atoms with Gasteiger partial charge in [0, 0.05) is 0 Å². The number of hydrogen-bond donors (Lipinski definition) is 0. The minimum Gasteiger partial charge on any atom is -0.207 e. The van der Waals surface area contributed by atoms with Crippen LogP contribution in [0.25, 0.3) is 21.5 Å². The van der Waals surface area contributed by atoms with E-state index < -0.39 is 0 Å². The van der Waals surface area contributed by atoms with Crippen LogP contribution in [0.4, 0.5) is 4.39 Å². The van der Waals surface area contributed by atoms with Crippen molar-refractivity contribution in [1.82, 2.24) is 0 Å². The molecule has 0 heterocycles. The van der Waals surface area contributed by atoms with E-state index in [9.17, 15) is 4.39 Å². The Morgan fingerprint density at radius 2 is 1.64 bits per heavy atom. The molecule has 140 valence electrons. The predicted molar refractivity (Wildman–Crippen MR) is 117 cm³/mol. The second kappa shape index (κ2) is 6.17. The van der Waals surface area contributed by atoms with Crippen molar-refractivity contribution < 1.29 is 4.39 Å². The van der Waals surface area contributed by atoms with Gasteiger partial charge < -0.3 is 0 Å². The molecule has 1 atom stereocenters. The van der Waals surface area contributed by atoms with Gasteiger partial charge in [-0.1, -0.05) is 68.4 Å². The fourth-order valence-electron chi connectivity index (χ4n) is 5.19. The Morgan fingerprint density at radius 1 is 0.857 bits per heavy atom. The Kier molecular flexibility index (Phi) is 3.84. The average molecular weight is 368 g/mol. The van der Waals surface area contributed by atoms with Crippen LogP contribution >= 0.6 is 0 Å².